The standard InChI is InChI=1S/C6BrF13/c7-2(9,6(18,19)20)3(10,11)1(8,4(12,13)14)5(15,16)17. The van der Waals surface area contributed by atoms with Crippen LogP contribution in [0.2, 0.25) is 0 Å². The second-order valence-electron chi connectivity index (χ2n) is 3.30. The Kier molecular flexibility index (Phi) is 4.43. The minimum absolute atomic E-state index is 0.363. The van der Waals surface area contributed by atoms with Gasteiger partial charge in [0.05, 0.1) is 0 Å². The van der Waals surface area contributed by atoms with Crippen LogP contribution in [0, 0.1) is 0 Å². The van der Waals surface area contributed by atoms with Gasteiger partial charge in [-0.3, -0.25) is 0 Å². The second-order valence-corrected chi connectivity index (χ2v) is 4.39. The van der Waals surface area contributed by atoms with Crippen molar-refractivity contribution < 1.29 is 57.1 Å². The largest absolute Gasteiger partial charge is 0.439 e. The number of halogens is 14. The van der Waals surface area contributed by atoms with Crippen molar-refractivity contribution in [2.75, 3.05) is 0 Å². The molecule has 0 amide bonds. The zero-order valence-electron chi connectivity index (χ0n) is 8.29. The van der Waals surface area contributed by atoms with Crippen molar-refractivity contribution in [3.05, 3.63) is 0 Å². The smallest absolute Gasteiger partial charge is 0.216 e. The minimum atomic E-state index is -7.76. The molecule has 0 radical (unpaired) electrons. The summed E-state index contributed by atoms with van der Waals surface area (Å²) in [5, 5.41) is 0. The van der Waals surface area contributed by atoms with Gasteiger partial charge in [0.25, 0.3) is 0 Å². The summed E-state index contributed by atoms with van der Waals surface area (Å²) in [7, 11) is 0. The van der Waals surface area contributed by atoms with Gasteiger partial charge in [-0.1, -0.05) is 0 Å². The Labute approximate surface area is 109 Å². The van der Waals surface area contributed by atoms with Crippen LogP contribution in [-0.2, 0) is 0 Å². The molecule has 0 nitrogen and oxygen atoms in total. The molecular weight excluding hydrogens is 399 g/mol. The normalized spacial score (nSPS) is 18.9. The van der Waals surface area contributed by atoms with Crippen molar-refractivity contribution in [3.8, 4) is 0 Å². The fraction of sp³-hybridized carbons (Fsp3) is 1.00. The number of alkyl halides is 14. The van der Waals surface area contributed by atoms with E-state index in [2.05, 4.69) is 0 Å². The Bertz CT molecular complexity index is 343. The number of rotatable bonds is 2. The molecule has 0 fully saturated rings. The molecule has 122 valence electrons. The fourth-order valence-electron chi connectivity index (χ4n) is 0.911. The number of hydrogen-bond acceptors (Lipinski definition) is 0. The lowest BCUT2D eigenvalue weighted by Gasteiger charge is -2.40. The SMILES string of the molecule is FC(F)(F)C(F)(Br)C(F)(F)C(F)(C(F)(F)F)C(F)(F)F. The highest BCUT2D eigenvalue weighted by Gasteiger charge is 2.92. The Morgan fingerprint density at radius 2 is 0.700 bits per heavy atom. The van der Waals surface area contributed by atoms with E-state index in [4.69, 9.17) is 0 Å². The van der Waals surface area contributed by atoms with E-state index in [0.29, 0.717) is 15.9 Å². The van der Waals surface area contributed by atoms with E-state index in [-0.39, 0.29) is 0 Å². The molecule has 1 unspecified atom stereocenters. The van der Waals surface area contributed by atoms with Gasteiger partial charge in [0.2, 0.25) is 0 Å². The van der Waals surface area contributed by atoms with Gasteiger partial charge in [-0.05, 0) is 15.9 Å². The third-order valence-electron chi connectivity index (χ3n) is 1.96. The van der Waals surface area contributed by atoms with Gasteiger partial charge >= 0.3 is 34.7 Å². The third-order valence-corrected chi connectivity index (χ3v) is 2.91. The van der Waals surface area contributed by atoms with E-state index >= 15 is 0 Å². The third kappa shape index (κ3) is 2.43. The van der Waals surface area contributed by atoms with Crippen molar-refractivity contribution in [1.29, 1.82) is 0 Å². The Balaban J connectivity index is 6.38. The molecule has 0 saturated heterocycles. The highest BCUT2D eigenvalue weighted by atomic mass is 79.9. The van der Waals surface area contributed by atoms with Crippen LogP contribution in [-0.4, -0.2) is 34.7 Å². The molecule has 0 aliphatic rings. The van der Waals surface area contributed by atoms with E-state index in [1.807, 2.05) is 0 Å². The maximum Gasteiger partial charge on any atom is 0.439 e. The zero-order chi connectivity index (χ0) is 17.0. The zero-order valence-corrected chi connectivity index (χ0v) is 9.88. The van der Waals surface area contributed by atoms with E-state index in [1.54, 1.807) is 0 Å². The summed E-state index contributed by atoms with van der Waals surface area (Å²) < 4.78 is 151. The van der Waals surface area contributed by atoms with E-state index in [0.717, 1.165) is 0 Å². The highest BCUT2D eigenvalue weighted by molar-refractivity contribution is 9.10. The first-order valence-corrected chi connectivity index (χ1v) is 4.69. The quantitative estimate of drug-likeness (QED) is 0.449. The predicted octanol–water partition coefficient (Wildman–Crippen LogP) is 5.08. The molecule has 0 aromatic carbocycles. The van der Waals surface area contributed by atoms with Crippen LogP contribution in [0.15, 0.2) is 0 Å². The Hall–Kier alpha value is -0.430. The van der Waals surface area contributed by atoms with Crippen LogP contribution in [0.25, 0.3) is 0 Å². The predicted molar refractivity (Wildman–Crippen MR) is 39.7 cm³/mol. The van der Waals surface area contributed by atoms with Crippen LogP contribution in [0.3, 0.4) is 0 Å². The summed E-state index contributed by atoms with van der Waals surface area (Å²) in [6.07, 6.45) is -22.1. The van der Waals surface area contributed by atoms with Gasteiger partial charge in [-0.2, -0.15) is 48.3 Å². The van der Waals surface area contributed by atoms with Gasteiger partial charge in [-0.25, -0.2) is 8.78 Å². The molecule has 0 aromatic heterocycles. The topological polar surface area (TPSA) is 0 Å². The van der Waals surface area contributed by atoms with Gasteiger partial charge in [-0.15, -0.1) is 0 Å². The molecule has 20 heavy (non-hydrogen) atoms. The summed E-state index contributed by atoms with van der Waals surface area (Å²) in [5.74, 6) is -7.59. The van der Waals surface area contributed by atoms with Crippen LogP contribution in [0.5, 0.6) is 0 Å². The molecule has 0 N–H and O–H groups in total. The Morgan fingerprint density at radius 3 is 0.850 bits per heavy atom. The second kappa shape index (κ2) is 4.53. The lowest BCUT2D eigenvalue weighted by molar-refractivity contribution is -0.421. The van der Waals surface area contributed by atoms with Gasteiger partial charge in [0, 0.05) is 0 Å². The molecule has 0 aliphatic heterocycles. The molecule has 0 aromatic rings. The lowest BCUT2D eigenvalue weighted by Crippen LogP contribution is -2.72. The molecule has 0 saturated carbocycles. The van der Waals surface area contributed by atoms with Crippen LogP contribution in [0.1, 0.15) is 0 Å². The summed E-state index contributed by atoms with van der Waals surface area (Å²) in [4.78, 5) is 0. The van der Waals surface area contributed by atoms with E-state index in [1.165, 1.54) is 0 Å². The molecule has 0 bridgehead atoms. The van der Waals surface area contributed by atoms with Crippen molar-refractivity contribution in [1.82, 2.24) is 0 Å². The molecule has 0 spiro atoms. The summed E-state index contributed by atoms with van der Waals surface area (Å²) in [6, 6.07) is 0. The van der Waals surface area contributed by atoms with E-state index < -0.39 is 34.7 Å². The van der Waals surface area contributed by atoms with Crippen molar-refractivity contribution in [2.45, 2.75) is 34.7 Å². The molecule has 0 aliphatic carbocycles. The maximum absolute atomic E-state index is 12.8. The lowest BCUT2D eigenvalue weighted by atomic mass is 9.91. The molecular formula is C6BrF13. The minimum Gasteiger partial charge on any atom is -0.216 e. The first kappa shape index (κ1) is 19.6. The van der Waals surface area contributed by atoms with E-state index in [9.17, 15) is 57.1 Å². The summed E-state index contributed by atoms with van der Waals surface area (Å²) in [6.45, 7) is 0. The van der Waals surface area contributed by atoms with Crippen molar-refractivity contribution >= 4 is 15.9 Å². The van der Waals surface area contributed by atoms with Crippen LogP contribution in [0.4, 0.5) is 57.1 Å². The average Bonchev–Trinajstić information content (AvgIpc) is 2.10. The van der Waals surface area contributed by atoms with Crippen molar-refractivity contribution in [3.63, 3.8) is 0 Å². The first-order chi connectivity index (χ1) is 8.25. The maximum atomic E-state index is 12.8. The van der Waals surface area contributed by atoms with Crippen LogP contribution >= 0.6 is 15.9 Å². The summed E-state index contributed by atoms with van der Waals surface area (Å²) in [5.41, 5.74) is -7.76. The monoisotopic (exact) mass is 398 g/mol. The average molecular weight is 399 g/mol. The molecule has 0 rings (SSSR count). The van der Waals surface area contributed by atoms with Gasteiger partial charge in [0.1, 0.15) is 0 Å². The number of hydrogen-bond donors (Lipinski definition) is 0. The van der Waals surface area contributed by atoms with Gasteiger partial charge < -0.3 is 0 Å². The fourth-order valence-corrected chi connectivity index (χ4v) is 1.18. The highest BCUT2D eigenvalue weighted by Crippen LogP contribution is 2.63. The molecule has 0 heterocycles. The summed E-state index contributed by atoms with van der Waals surface area (Å²) >= 11 is 0.363. The molecule has 1 atom stereocenters. The first-order valence-electron chi connectivity index (χ1n) is 3.90. The Morgan fingerprint density at radius 1 is 0.450 bits per heavy atom. The van der Waals surface area contributed by atoms with Crippen molar-refractivity contribution in [2.24, 2.45) is 0 Å². The molecule has 14 heteroatoms. The van der Waals surface area contributed by atoms with Gasteiger partial charge in [0.15, 0.2) is 0 Å². The van der Waals surface area contributed by atoms with Crippen LogP contribution < -0.4 is 0 Å².